The molecule has 0 bridgehead atoms. The monoisotopic (exact) mass is 477 g/mol. The van der Waals surface area contributed by atoms with Crippen LogP contribution in [0.5, 0.6) is 5.75 Å². The first-order chi connectivity index (χ1) is 15.3. The number of hydrogen-bond donors (Lipinski definition) is 2. The Balaban J connectivity index is 1.40. The SMILES string of the molecule is Cc1ccccc1CNC(=O)C1CCN(S(=O)(=O)c2cc3c(cc2Cl)NC(=O)CO3)CC1. The van der Waals surface area contributed by atoms with Crippen LogP contribution in [0.4, 0.5) is 5.69 Å². The van der Waals surface area contributed by atoms with Crippen molar-refractivity contribution < 1.29 is 22.7 Å². The van der Waals surface area contributed by atoms with Gasteiger partial charge in [-0.3, -0.25) is 9.59 Å². The Kier molecular flexibility index (Phi) is 6.41. The minimum absolute atomic E-state index is 0.00708. The summed E-state index contributed by atoms with van der Waals surface area (Å²) in [6.45, 7) is 2.70. The molecule has 0 saturated carbocycles. The van der Waals surface area contributed by atoms with Gasteiger partial charge >= 0.3 is 0 Å². The Morgan fingerprint density at radius 2 is 1.97 bits per heavy atom. The van der Waals surface area contributed by atoms with Crippen LogP contribution in [0.2, 0.25) is 5.02 Å². The Morgan fingerprint density at radius 1 is 1.25 bits per heavy atom. The molecule has 2 aliphatic heterocycles. The number of halogens is 1. The maximum absolute atomic E-state index is 13.2. The zero-order valence-electron chi connectivity index (χ0n) is 17.6. The number of fused-ring (bicyclic) bond motifs is 1. The van der Waals surface area contributed by atoms with Crippen molar-refractivity contribution in [2.75, 3.05) is 25.0 Å². The highest BCUT2D eigenvalue weighted by Gasteiger charge is 2.34. The van der Waals surface area contributed by atoms with Crippen LogP contribution in [-0.4, -0.2) is 44.2 Å². The van der Waals surface area contributed by atoms with E-state index in [4.69, 9.17) is 16.3 Å². The molecule has 8 nitrogen and oxygen atoms in total. The van der Waals surface area contributed by atoms with Crippen molar-refractivity contribution in [2.24, 2.45) is 5.92 Å². The molecule has 0 aliphatic carbocycles. The second-order valence-electron chi connectivity index (χ2n) is 7.94. The third-order valence-corrected chi connectivity index (χ3v) is 8.19. The molecule has 4 rings (SSSR count). The number of nitrogens with one attached hydrogen (secondary N) is 2. The number of sulfonamides is 1. The number of rotatable bonds is 5. The standard InChI is InChI=1S/C22H24ClN3O5S/c1-14-4-2-3-5-16(14)12-24-22(28)15-6-8-26(9-7-15)32(29,30)20-11-19-18(10-17(20)23)25-21(27)13-31-19/h2-5,10-11,15H,6-9,12-13H2,1H3,(H,24,28)(H,25,27). The molecule has 2 aliphatic rings. The van der Waals surface area contributed by atoms with Crippen LogP contribution in [0, 0.1) is 12.8 Å². The minimum Gasteiger partial charge on any atom is -0.482 e. The third-order valence-electron chi connectivity index (χ3n) is 5.82. The third kappa shape index (κ3) is 4.60. The summed E-state index contributed by atoms with van der Waals surface area (Å²) in [6, 6.07) is 10.6. The molecular formula is C22H24ClN3O5S. The molecule has 0 aromatic heterocycles. The van der Waals surface area contributed by atoms with Gasteiger partial charge in [-0.15, -0.1) is 0 Å². The summed E-state index contributed by atoms with van der Waals surface area (Å²) in [4.78, 5) is 24.0. The van der Waals surface area contributed by atoms with Crippen LogP contribution in [0.1, 0.15) is 24.0 Å². The molecular weight excluding hydrogens is 454 g/mol. The van der Waals surface area contributed by atoms with Gasteiger partial charge in [-0.05, 0) is 37.0 Å². The van der Waals surface area contributed by atoms with Crippen LogP contribution in [0.15, 0.2) is 41.3 Å². The number of hydrogen-bond acceptors (Lipinski definition) is 5. The van der Waals surface area contributed by atoms with E-state index in [1.54, 1.807) is 0 Å². The number of amides is 2. The zero-order valence-corrected chi connectivity index (χ0v) is 19.1. The van der Waals surface area contributed by atoms with Gasteiger partial charge in [-0.25, -0.2) is 8.42 Å². The van der Waals surface area contributed by atoms with Crippen molar-refractivity contribution in [3.63, 3.8) is 0 Å². The van der Waals surface area contributed by atoms with Crippen molar-refractivity contribution in [2.45, 2.75) is 31.2 Å². The van der Waals surface area contributed by atoms with E-state index in [-0.39, 0.29) is 53.1 Å². The Hall–Kier alpha value is -2.62. The van der Waals surface area contributed by atoms with Gasteiger partial charge in [0.25, 0.3) is 5.91 Å². The first-order valence-electron chi connectivity index (χ1n) is 10.3. The molecule has 32 heavy (non-hydrogen) atoms. The van der Waals surface area contributed by atoms with Crippen molar-refractivity contribution in [3.8, 4) is 5.75 Å². The normalized spacial score (nSPS) is 17.2. The Morgan fingerprint density at radius 3 is 2.69 bits per heavy atom. The van der Waals surface area contributed by atoms with Crippen molar-refractivity contribution in [1.82, 2.24) is 9.62 Å². The molecule has 0 unspecified atom stereocenters. The predicted octanol–water partition coefficient (Wildman–Crippen LogP) is 2.70. The molecule has 2 heterocycles. The second kappa shape index (κ2) is 9.09. The van der Waals surface area contributed by atoms with Gasteiger partial charge in [-0.1, -0.05) is 35.9 Å². The Labute approximate surface area is 191 Å². The number of nitrogens with zero attached hydrogens (tertiary/aromatic N) is 1. The molecule has 1 saturated heterocycles. The number of ether oxygens (including phenoxy) is 1. The number of aryl methyl sites for hydroxylation is 1. The van der Waals surface area contributed by atoms with Gasteiger partial charge in [0, 0.05) is 31.6 Å². The number of carbonyl (C=O) groups excluding carboxylic acids is 2. The largest absolute Gasteiger partial charge is 0.482 e. The fourth-order valence-electron chi connectivity index (χ4n) is 3.91. The molecule has 170 valence electrons. The van der Waals surface area contributed by atoms with E-state index in [2.05, 4.69) is 10.6 Å². The molecule has 1 fully saturated rings. The number of carbonyl (C=O) groups is 2. The fraction of sp³-hybridized carbons (Fsp3) is 0.364. The van der Waals surface area contributed by atoms with Gasteiger partial charge in [0.2, 0.25) is 15.9 Å². The van der Waals surface area contributed by atoms with Gasteiger partial charge in [0.15, 0.2) is 6.61 Å². The molecule has 0 atom stereocenters. The molecule has 2 amide bonds. The molecule has 2 aromatic rings. The van der Waals surface area contributed by atoms with Gasteiger partial charge in [-0.2, -0.15) is 4.31 Å². The van der Waals surface area contributed by atoms with E-state index in [1.807, 2.05) is 31.2 Å². The summed E-state index contributed by atoms with van der Waals surface area (Å²) in [6.07, 6.45) is 0.849. The maximum atomic E-state index is 13.2. The topological polar surface area (TPSA) is 105 Å². The highest BCUT2D eigenvalue weighted by Crippen LogP contribution is 2.37. The van der Waals surface area contributed by atoms with Crippen molar-refractivity contribution in [1.29, 1.82) is 0 Å². The molecule has 10 heteroatoms. The van der Waals surface area contributed by atoms with E-state index in [9.17, 15) is 18.0 Å². The minimum atomic E-state index is -3.87. The van der Waals surface area contributed by atoms with Crippen LogP contribution in [-0.2, 0) is 26.2 Å². The molecule has 2 N–H and O–H groups in total. The van der Waals surface area contributed by atoms with Gasteiger partial charge in [0.05, 0.1) is 10.7 Å². The number of piperidine rings is 1. The van der Waals surface area contributed by atoms with Crippen molar-refractivity contribution in [3.05, 3.63) is 52.5 Å². The molecule has 0 spiro atoms. The maximum Gasteiger partial charge on any atom is 0.262 e. The second-order valence-corrected chi connectivity index (χ2v) is 10.3. The van der Waals surface area contributed by atoms with Gasteiger partial charge in [0.1, 0.15) is 10.6 Å². The highest BCUT2D eigenvalue weighted by molar-refractivity contribution is 7.89. The summed E-state index contributed by atoms with van der Waals surface area (Å²) in [7, 11) is -3.87. The lowest BCUT2D eigenvalue weighted by molar-refractivity contribution is -0.126. The summed E-state index contributed by atoms with van der Waals surface area (Å²) in [5.41, 5.74) is 2.51. The first kappa shape index (κ1) is 22.6. The lowest BCUT2D eigenvalue weighted by Gasteiger charge is -2.31. The van der Waals surface area contributed by atoms with E-state index < -0.39 is 10.0 Å². The van der Waals surface area contributed by atoms with Crippen molar-refractivity contribution >= 4 is 39.1 Å². The van der Waals surface area contributed by atoms with Crippen LogP contribution >= 0.6 is 11.6 Å². The Bertz CT molecular complexity index is 1160. The van der Waals surface area contributed by atoms with Crippen LogP contribution in [0.3, 0.4) is 0 Å². The van der Waals surface area contributed by atoms with E-state index in [1.165, 1.54) is 16.4 Å². The van der Waals surface area contributed by atoms with Crippen LogP contribution in [0.25, 0.3) is 0 Å². The fourth-order valence-corrected chi connectivity index (χ4v) is 5.90. The predicted molar refractivity (Wildman–Crippen MR) is 120 cm³/mol. The average molecular weight is 478 g/mol. The quantitative estimate of drug-likeness (QED) is 0.689. The van der Waals surface area contributed by atoms with Gasteiger partial charge < -0.3 is 15.4 Å². The van der Waals surface area contributed by atoms with E-state index >= 15 is 0 Å². The zero-order chi connectivity index (χ0) is 22.9. The molecule has 2 aromatic carbocycles. The van der Waals surface area contributed by atoms with E-state index in [0.29, 0.717) is 25.1 Å². The number of anilines is 1. The lowest BCUT2D eigenvalue weighted by atomic mass is 9.97. The number of benzene rings is 2. The smallest absolute Gasteiger partial charge is 0.262 e. The lowest BCUT2D eigenvalue weighted by Crippen LogP contribution is -2.43. The van der Waals surface area contributed by atoms with Crippen LogP contribution < -0.4 is 15.4 Å². The summed E-state index contributed by atoms with van der Waals surface area (Å²) >= 11 is 6.23. The summed E-state index contributed by atoms with van der Waals surface area (Å²) in [5.74, 6) is -0.380. The van der Waals surface area contributed by atoms with E-state index in [0.717, 1.165) is 11.1 Å². The highest BCUT2D eigenvalue weighted by atomic mass is 35.5. The first-order valence-corrected chi connectivity index (χ1v) is 12.2. The molecule has 0 radical (unpaired) electrons. The summed E-state index contributed by atoms with van der Waals surface area (Å²) in [5, 5.41) is 5.57. The average Bonchev–Trinajstić information content (AvgIpc) is 2.77. The summed E-state index contributed by atoms with van der Waals surface area (Å²) < 4.78 is 33.0.